The van der Waals surface area contributed by atoms with E-state index in [0.29, 0.717) is 0 Å². The van der Waals surface area contributed by atoms with Crippen LogP contribution >= 0.6 is 27.7 Å². The molecule has 20 heavy (non-hydrogen) atoms. The summed E-state index contributed by atoms with van der Waals surface area (Å²) >= 11 is 5.20. The maximum atomic E-state index is 13.3. The number of hydrogen-bond acceptors (Lipinski definition) is 3. The second kappa shape index (κ2) is 5.68. The topological polar surface area (TPSA) is 24.4 Å². The van der Waals surface area contributed by atoms with Gasteiger partial charge in [0.15, 0.2) is 5.17 Å². The number of halogens is 2. The van der Waals surface area contributed by atoms with Gasteiger partial charge < -0.3 is 5.32 Å². The van der Waals surface area contributed by atoms with Crippen LogP contribution < -0.4 is 5.32 Å². The minimum Gasteiger partial charge on any atom is -0.334 e. The van der Waals surface area contributed by atoms with Gasteiger partial charge in [0.05, 0.1) is 11.2 Å². The van der Waals surface area contributed by atoms with Gasteiger partial charge in [-0.1, -0.05) is 31.5 Å². The number of nitrogens with one attached hydrogen (secondary N) is 1. The van der Waals surface area contributed by atoms with Crippen LogP contribution in [-0.2, 0) is 0 Å². The molecule has 1 aromatic carbocycles. The monoisotopic (exact) mass is 356 g/mol. The fourth-order valence-corrected chi connectivity index (χ4v) is 4.64. The highest BCUT2D eigenvalue weighted by molar-refractivity contribution is 9.10. The molecule has 0 radical (unpaired) electrons. The van der Waals surface area contributed by atoms with Crippen molar-refractivity contribution in [3.05, 3.63) is 28.5 Å². The van der Waals surface area contributed by atoms with Crippen molar-refractivity contribution >= 4 is 38.5 Å². The number of benzene rings is 1. The van der Waals surface area contributed by atoms with E-state index in [1.54, 1.807) is 17.8 Å². The molecule has 1 N–H and O–H groups in total. The zero-order valence-corrected chi connectivity index (χ0v) is 13.9. The zero-order chi connectivity index (χ0) is 14.2. The average molecular weight is 357 g/mol. The van der Waals surface area contributed by atoms with Crippen molar-refractivity contribution in [2.75, 3.05) is 11.1 Å². The van der Waals surface area contributed by atoms with Crippen molar-refractivity contribution in [2.45, 2.75) is 38.1 Å². The SMILES string of the molecule is CC1CCCC2(CSC(Nc3cc(F)ccc3Br)=N2)C1. The molecule has 1 spiro atoms. The second-order valence-electron chi connectivity index (χ2n) is 5.88. The predicted octanol–water partition coefficient (Wildman–Crippen LogP) is 5.05. The van der Waals surface area contributed by atoms with Gasteiger partial charge in [-0.05, 0) is 52.9 Å². The van der Waals surface area contributed by atoms with Crippen LogP contribution in [0.4, 0.5) is 10.1 Å². The summed E-state index contributed by atoms with van der Waals surface area (Å²) in [4.78, 5) is 4.92. The maximum absolute atomic E-state index is 13.3. The second-order valence-corrected chi connectivity index (χ2v) is 7.70. The van der Waals surface area contributed by atoms with E-state index in [1.807, 2.05) is 0 Å². The van der Waals surface area contributed by atoms with Gasteiger partial charge in [0.2, 0.25) is 0 Å². The molecule has 2 atom stereocenters. The van der Waals surface area contributed by atoms with Crippen LogP contribution in [0.25, 0.3) is 0 Å². The molecule has 1 aliphatic heterocycles. The van der Waals surface area contributed by atoms with Crippen LogP contribution in [0.15, 0.2) is 27.7 Å². The van der Waals surface area contributed by atoms with Crippen molar-refractivity contribution < 1.29 is 4.39 Å². The molecule has 108 valence electrons. The van der Waals surface area contributed by atoms with Gasteiger partial charge in [-0.3, -0.25) is 4.99 Å². The Morgan fingerprint density at radius 3 is 3.15 bits per heavy atom. The van der Waals surface area contributed by atoms with Crippen LogP contribution in [0, 0.1) is 11.7 Å². The van der Waals surface area contributed by atoms with E-state index in [-0.39, 0.29) is 11.4 Å². The fourth-order valence-electron chi connectivity index (χ4n) is 3.12. The van der Waals surface area contributed by atoms with Crippen LogP contribution in [0.1, 0.15) is 32.6 Å². The van der Waals surface area contributed by atoms with E-state index in [0.717, 1.165) is 27.0 Å². The molecule has 2 unspecified atom stereocenters. The number of rotatable bonds is 1. The van der Waals surface area contributed by atoms with Crippen molar-refractivity contribution in [3.63, 3.8) is 0 Å². The van der Waals surface area contributed by atoms with E-state index < -0.39 is 0 Å². The first-order valence-electron chi connectivity index (χ1n) is 7.01. The highest BCUT2D eigenvalue weighted by atomic mass is 79.9. The van der Waals surface area contributed by atoms with E-state index in [4.69, 9.17) is 4.99 Å². The molecule has 0 saturated heterocycles. The third-order valence-corrected chi connectivity index (χ3v) is 5.89. The van der Waals surface area contributed by atoms with Crippen molar-refractivity contribution in [1.82, 2.24) is 0 Å². The quantitative estimate of drug-likeness (QED) is 0.760. The molecule has 1 saturated carbocycles. The van der Waals surface area contributed by atoms with E-state index >= 15 is 0 Å². The Morgan fingerprint density at radius 2 is 2.35 bits per heavy atom. The Bertz CT molecular complexity index is 549. The highest BCUT2D eigenvalue weighted by Crippen LogP contribution is 2.42. The van der Waals surface area contributed by atoms with Gasteiger partial charge in [0.1, 0.15) is 5.82 Å². The minimum atomic E-state index is -0.236. The molecule has 1 aliphatic carbocycles. The molecule has 2 aliphatic rings. The molecule has 1 aromatic rings. The third kappa shape index (κ3) is 3.03. The van der Waals surface area contributed by atoms with Gasteiger partial charge in [0, 0.05) is 10.2 Å². The standard InChI is InChI=1S/C15H18BrFN2S/c1-10-3-2-6-15(8-10)9-20-14(19-15)18-13-7-11(17)4-5-12(13)16/h4-5,7,10H,2-3,6,8-9H2,1H3,(H,18,19). The number of aliphatic imine (C=N–C) groups is 1. The Labute approximate surface area is 131 Å². The van der Waals surface area contributed by atoms with Crippen LogP contribution in [-0.4, -0.2) is 16.5 Å². The van der Waals surface area contributed by atoms with E-state index in [1.165, 1.54) is 37.8 Å². The van der Waals surface area contributed by atoms with Gasteiger partial charge in [0.25, 0.3) is 0 Å². The minimum absolute atomic E-state index is 0.116. The molecule has 3 rings (SSSR count). The molecule has 1 heterocycles. The lowest BCUT2D eigenvalue weighted by atomic mass is 9.78. The first kappa shape index (κ1) is 14.4. The summed E-state index contributed by atoms with van der Waals surface area (Å²) < 4.78 is 14.2. The van der Waals surface area contributed by atoms with Crippen LogP contribution in [0.5, 0.6) is 0 Å². The Morgan fingerprint density at radius 1 is 1.50 bits per heavy atom. The molecule has 2 nitrogen and oxygen atoms in total. The number of nitrogens with zero attached hydrogens (tertiary/aromatic N) is 1. The smallest absolute Gasteiger partial charge is 0.161 e. The summed E-state index contributed by atoms with van der Waals surface area (Å²) in [7, 11) is 0. The molecule has 0 amide bonds. The number of anilines is 1. The van der Waals surface area contributed by atoms with Gasteiger partial charge >= 0.3 is 0 Å². The summed E-state index contributed by atoms with van der Waals surface area (Å²) in [6.45, 7) is 2.32. The Hall–Kier alpha value is -0.550. The number of amidine groups is 1. The number of hydrogen-bond donors (Lipinski definition) is 1. The van der Waals surface area contributed by atoms with Gasteiger partial charge in [-0.15, -0.1) is 0 Å². The van der Waals surface area contributed by atoms with Crippen molar-refractivity contribution in [1.29, 1.82) is 0 Å². The largest absolute Gasteiger partial charge is 0.334 e. The summed E-state index contributed by atoms with van der Waals surface area (Å²) in [5.41, 5.74) is 0.863. The molecule has 1 fully saturated rings. The highest BCUT2D eigenvalue weighted by Gasteiger charge is 2.39. The summed E-state index contributed by atoms with van der Waals surface area (Å²) in [5, 5.41) is 4.18. The zero-order valence-electron chi connectivity index (χ0n) is 11.5. The molecule has 5 heteroatoms. The normalized spacial score (nSPS) is 29.6. The van der Waals surface area contributed by atoms with E-state index in [9.17, 15) is 4.39 Å². The lowest BCUT2D eigenvalue weighted by Crippen LogP contribution is -2.33. The first-order valence-corrected chi connectivity index (χ1v) is 8.79. The Balaban J connectivity index is 1.77. The fraction of sp³-hybridized carbons (Fsp3) is 0.533. The van der Waals surface area contributed by atoms with Crippen molar-refractivity contribution in [2.24, 2.45) is 10.9 Å². The van der Waals surface area contributed by atoms with Gasteiger partial charge in [-0.2, -0.15) is 0 Å². The van der Waals surface area contributed by atoms with E-state index in [2.05, 4.69) is 28.2 Å². The van der Waals surface area contributed by atoms with Crippen LogP contribution in [0.2, 0.25) is 0 Å². The third-order valence-electron chi connectivity index (χ3n) is 4.05. The molecular formula is C15H18BrFN2S. The molecule has 0 bridgehead atoms. The summed E-state index contributed by atoms with van der Waals surface area (Å²) in [6, 6.07) is 4.67. The predicted molar refractivity (Wildman–Crippen MR) is 88.0 cm³/mol. The van der Waals surface area contributed by atoms with Gasteiger partial charge in [-0.25, -0.2) is 4.39 Å². The first-order chi connectivity index (χ1) is 9.56. The summed E-state index contributed by atoms with van der Waals surface area (Å²) in [5.74, 6) is 1.57. The number of thioether (sulfide) groups is 1. The lowest BCUT2D eigenvalue weighted by Gasteiger charge is -2.33. The average Bonchev–Trinajstić information content (AvgIpc) is 2.76. The Kier molecular flexibility index (Phi) is 4.09. The van der Waals surface area contributed by atoms with Crippen molar-refractivity contribution in [3.8, 4) is 0 Å². The lowest BCUT2D eigenvalue weighted by molar-refractivity contribution is 0.266. The maximum Gasteiger partial charge on any atom is 0.161 e. The molecular weight excluding hydrogens is 339 g/mol. The summed E-state index contributed by atoms with van der Waals surface area (Å²) in [6.07, 6.45) is 4.94. The molecule has 0 aromatic heterocycles. The van der Waals surface area contributed by atoms with Crippen LogP contribution in [0.3, 0.4) is 0 Å².